The topological polar surface area (TPSA) is 67.3 Å². The van der Waals surface area contributed by atoms with Crippen LogP contribution < -0.4 is 11.1 Å². The number of rotatable bonds is 4. The quantitative estimate of drug-likeness (QED) is 0.789. The van der Waals surface area contributed by atoms with Crippen molar-refractivity contribution in [2.75, 3.05) is 31.7 Å². The van der Waals surface area contributed by atoms with Crippen LogP contribution in [0.5, 0.6) is 0 Å². The van der Waals surface area contributed by atoms with Crippen molar-refractivity contribution >= 4 is 22.8 Å². The molecule has 5 nitrogen and oxygen atoms in total. The molecule has 0 amide bonds. The number of nitrogens with two attached hydrogens (primary N) is 1. The summed E-state index contributed by atoms with van der Waals surface area (Å²) in [7, 11) is 4.06. The van der Waals surface area contributed by atoms with Crippen molar-refractivity contribution in [3.63, 3.8) is 0 Å². The van der Waals surface area contributed by atoms with Crippen LogP contribution in [0.4, 0.5) is 11.7 Å². The van der Waals surface area contributed by atoms with Crippen LogP contribution in [0, 0.1) is 0 Å². The van der Waals surface area contributed by atoms with Crippen molar-refractivity contribution in [1.29, 1.82) is 0 Å². The highest BCUT2D eigenvalue weighted by Crippen LogP contribution is 2.23. The lowest BCUT2D eigenvalue weighted by atomic mass is 10.3. The molecule has 0 spiro atoms. The maximum atomic E-state index is 5.82. The summed E-state index contributed by atoms with van der Waals surface area (Å²) < 4.78 is 5.58. The third-order valence-corrected chi connectivity index (χ3v) is 2.46. The molecule has 92 valence electrons. The molecule has 1 unspecified atom stereocenters. The van der Waals surface area contributed by atoms with Gasteiger partial charge in [0.15, 0.2) is 5.58 Å². The Balaban J connectivity index is 2.17. The molecule has 0 aliphatic rings. The van der Waals surface area contributed by atoms with Gasteiger partial charge in [-0.15, -0.1) is 0 Å². The van der Waals surface area contributed by atoms with Gasteiger partial charge in [0.2, 0.25) is 0 Å². The minimum atomic E-state index is 0.263. The molecule has 0 saturated carbocycles. The zero-order valence-corrected chi connectivity index (χ0v) is 10.4. The normalized spacial score (nSPS) is 13.2. The average molecular weight is 234 g/mol. The Hall–Kier alpha value is -1.75. The molecule has 0 aliphatic carbocycles. The number of nitrogens with one attached hydrogen (secondary N) is 1. The Morgan fingerprint density at radius 1 is 1.47 bits per heavy atom. The van der Waals surface area contributed by atoms with E-state index >= 15 is 0 Å². The summed E-state index contributed by atoms with van der Waals surface area (Å²) in [5, 5.41) is 3.21. The molecule has 1 heterocycles. The fourth-order valence-corrected chi connectivity index (χ4v) is 1.84. The largest absolute Gasteiger partial charge is 0.423 e. The van der Waals surface area contributed by atoms with Crippen molar-refractivity contribution in [1.82, 2.24) is 9.88 Å². The lowest BCUT2D eigenvalue weighted by molar-refractivity contribution is 0.389. The van der Waals surface area contributed by atoms with Crippen LogP contribution in [0.25, 0.3) is 11.1 Å². The van der Waals surface area contributed by atoms with E-state index in [9.17, 15) is 0 Å². The van der Waals surface area contributed by atoms with Gasteiger partial charge >= 0.3 is 0 Å². The lowest BCUT2D eigenvalue weighted by Gasteiger charge is -2.16. The Morgan fingerprint density at radius 3 is 2.88 bits per heavy atom. The van der Waals surface area contributed by atoms with Crippen LogP contribution in [0.15, 0.2) is 22.6 Å². The number of aromatic nitrogens is 1. The fourth-order valence-electron chi connectivity index (χ4n) is 1.84. The smallest absolute Gasteiger partial charge is 0.296 e. The number of nitrogens with zero attached hydrogens (tertiary/aromatic N) is 2. The highest BCUT2D eigenvalue weighted by Gasteiger charge is 2.10. The van der Waals surface area contributed by atoms with E-state index in [4.69, 9.17) is 10.2 Å². The fraction of sp³-hybridized carbons (Fsp3) is 0.417. The number of hydrogen-bond acceptors (Lipinski definition) is 5. The van der Waals surface area contributed by atoms with Gasteiger partial charge in [-0.25, -0.2) is 0 Å². The molecule has 2 aromatic rings. The monoisotopic (exact) mass is 234 g/mol. The summed E-state index contributed by atoms with van der Waals surface area (Å²) in [6.45, 7) is 2.99. The first-order valence-electron chi connectivity index (χ1n) is 5.62. The van der Waals surface area contributed by atoms with E-state index in [1.807, 2.05) is 32.3 Å². The Morgan fingerprint density at radius 2 is 2.24 bits per heavy atom. The van der Waals surface area contributed by atoms with Crippen molar-refractivity contribution in [3.05, 3.63) is 18.2 Å². The van der Waals surface area contributed by atoms with E-state index in [2.05, 4.69) is 22.1 Å². The number of likely N-dealkylation sites (N-methyl/N-ethyl adjacent to an activating group) is 1. The Bertz CT molecular complexity index is 506. The first-order valence-corrected chi connectivity index (χ1v) is 5.62. The first-order chi connectivity index (χ1) is 8.06. The molecule has 0 fully saturated rings. The van der Waals surface area contributed by atoms with Crippen LogP contribution in [-0.4, -0.2) is 36.6 Å². The highest BCUT2D eigenvalue weighted by molar-refractivity contribution is 5.86. The van der Waals surface area contributed by atoms with E-state index in [-0.39, 0.29) is 6.04 Å². The van der Waals surface area contributed by atoms with Gasteiger partial charge in [-0.1, -0.05) is 6.07 Å². The lowest BCUT2D eigenvalue weighted by Crippen LogP contribution is -2.29. The predicted molar refractivity (Wildman–Crippen MR) is 70.1 cm³/mol. The van der Waals surface area contributed by atoms with Gasteiger partial charge < -0.3 is 20.4 Å². The zero-order valence-electron chi connectivity index (χ0n) is 10.4. The molecule has 5 heteroatoms. The van der Waals surface area contributed by atoms with Gasteiger partial charge in [-0.2, -0.15) is 4.98 Å². The number of oxazole rings is 1. The predicted octanol–water partition coefficient (Wildman–Crippen LogP) is 1.77. The summed E-state index contributed by atoms with van der Waals surface area (Å²) in [6.07, 6.45) is 0. The van der Waals surface area contributed by atoms with E-state index in [1.165, 1.54) is 0 Å². The second kappa shape index (κ2) is 4.63. The van der Waals surface area contributed by atoms with Crippen LogP contribution in [-0.2, 0) is 0 Å². The summed E-state index contributed by atoms with van der Waals surface area (Å²) in [5.74, 6) is 0. The molecule has 0 bridgehead atoms. The molecule has 0 radical (unpaired) electrons. The van der Waals surface area contributed by atoms with Gasteiger partial charge in [-0.05, 0) is 33.2 Å². The SMILES string of the molecule is CC(CN(C)C)Nc1nc2c(N)cccc2o1. The average Bonchev–Trinajstić information content (AvgIpc) is 2.60. The summed E-state index contributed by atoms with van der Waals surface area (Å²) in [4.78, 5) is 6.44. The van der Waals surface area contributed by atoms with Gasteiger partial charge in [0.05, 0.1) is 5.69 Å². The molecule has 1 aromatic heterocycles. The Labute approximate surface area is 101 Å². The maximum absolute atomic E-state index is 5.82. The second-order valence-corrected chi connectivity index (χ2v) is 4.52. The zero-order chi connectivity index (χ0) is 12.4. The number of benzene rings is 1. The molecular formula is C12H18N4O. The molecule has 1 atom stereocenters. The molecule has 3 N–H and O–H groups in total. The van der Waals surface area contributed by atoms with Crippen LogP contribution in [0.2, 0.25) is 0 Å². The van der Waals surface area contributed by atoms with Crippen LogP contribution in [0.1, 0.15) is 6.92 Å². The van der Waals surface area contributed by atoms with E-state index in [0.717, 1.165) is 6.54 Å². The minimum Gasteiger partial charge on any atom is -0.423 e. The van der Waals surface area contributed by atoms with Gasteiger partial charge in [-0.3, -0.25) is 0 Å². The molecule has 17 heavy (non-hydrogen) atoms. The molecular weight excluding hydrogens is 216 g/mol. The molecule has 2 rings (SSSR count). The van der Waals surface area contributed by atoms with Gasteiger partial charge in [0.25, 0.3) is 6.01 Å². The number of hydrogen-bond donors (Lipinski definition) is 2. The Kier molecular flexibility index (Phi) is 3.19. The third kappa shape index (κ3) is 2.68. The molecule has 0 aliphatic heterocycles. The van der Waals surface area contributed by atoms with E-state index in [1.54, 1.807) is 0 Å². The summed E-state index contributed by atoms with van der Waals surface area (Å²) >= 11 is 0. The van der Waals surface area contributed by atoms with Crippen molar-refractivity contribution in [3.8, 4) is 0 Å². The number of para-hydroxylation sites is 1. The standard InChI is InChI=1S/C12H18N4O/c1-8(7-16(2)3)14-12-15-11-9(13)5-4-6-10(11)17-12/h4-6,8H,7,13H2,1-3H3,(H,14,15). The maximum Gasteiger partial charge on any atom is 0.296 e. The first kappa shape index (κ1) is 11.7. The highest BCUT2D eigenvalue weighted by atomic mass is 16.4. The van der Waals surface area contributed by atoms with Gasteiger partial charge in [0, 0.05) is 12.6 Å². The summed E-state index contributed by atoms with van der Waals surface area (Å²) in [6, 6.07) is 6.32. The molecule has 0 saturated heterocycles. The van der Waals surface area contributed by atoms with E-state index < -0.39 is 0 Å². The number of nitrogen functional groups attached to an aromatic ring is 1. The second-order valence-electron chi connectivity index (χ2n) is 4.52. The number of fused-ring (bicyclic) bond motifs is 1. The van der Waals surface area contributed by atoms with Crippen molar-refractivity contribution in [2.45, 2.75) is 13.0 Å². The van der Waals surface area contributed by atoms with Crippen LogP contribution in [0.3, 0.4) is 0 Å². The number of anilines is 2. The summed E-state index contributed by atoms with van der Waals surface area (Å²) in [5.41, 5.74) is 7.89. The van der Waals surface area contributed by atoms with Crippen molar-refractivity contribution in [2.24, 2.45) is 0 Å². The van der Waals surface area contributed by atoms with Gasteiger partial charge in [0.1, 0.15) is 5.52 Å². The minimum absolute atomic E-state index is 0.263. The van der Waals surface area contributed by atoms with E-state index in [0.29, 0.717) is 22.8 Å². The third-order valence-electron chi connectivity index (χ3n) is 2.46. The molecule has 1 aromatic carbocycles. The van der Waals surface area contributed by atoms with Crippen molar-refractivity contribution < 1.29 is 4.42 Å². The van der Waals surface area contributed by atoms with Crippen LogP contribution >= 0.6 is 0 Å².